The summed E-state index contributed by atoms with van der Waals surface area (Å²) >= 11 is 0. The van der Waals surface area contributed by atoms with E-state index in [2.05, 4.69) is 25.3 Å². The van der Waals surface area contributed by atoms with Gasteiger partial charge in [0, 0.05) is 6.20 Å². The number of fused-ring (bicyclic) bond motifs is 1. The maximum Gasteiger partial charge on any atom is 0.174 e. The molecule has 0 amide bonds. The van der Waals surface area contributed by atoms with Gasteiger partial charge in [0.2, 0.25) is 0 Å². The summed E-state index contributed by atoms with van der Waals surface area (Å²) in [6.45, 7) is 0. The molecule has 0 fully saturated rings. The van der Waals surface area contributed by atoms with E-state index in [1.165, 1.54) is 6.33 Å². The molecule has 0 aromatic carbocycles. The molecule has 3 aromatic rings. The fraction of sp³-hybridized carbons (Fsp3) is 0. The molecule has 0 radical (unpaired) electrons. The lowest BCUT2D eigenvalue weighted by atomic mass is 10.3. The molecule has 0 atom stereocenters. The second-order valence-electron chi connectivity index (χ2n) is 2.79. The minimum Gasteiger partial charge on any atom is -0.276 e. The van der Waals surface area contributed by atoms with Crippen LogP contribution in [0.1, 0.15) is 0 Å². The highest BCUT2D eigenvalue weighted by atomic mass is 15.3. The molecule has 0 saturated heterocycles. The molecular formula is C8H6N6. The fourth-order valence-electron chi connectivity index (χ4n) is 1.34. The van der Waals surface area contributed by atoms with Crippen molar-refractivity contribution in [3.05, 3.63) is 31.0 Å². The molecule has 0 saturated carbocycles. The van der Waals surface area contributed by atoms with Crippen LogP contribution in [0.25, 0.3) is 17.0 Å². The van der Waals surface area contributed by atoms with Crippen LogP contribution in [0, 0.1) is 0 Å². The number of hydrogen-bond acceptors (Lipinski definition) is 4. The maximum absolute atomic E-state index is 4.09. The van der Waals surface area contributed by atoms with Crippen LogP contribution in [0.2, 0.25) is 0 Å². The molecule has 1 N–H and O–H groups in total. The number of H-pyrrole nitrogens is 1. The van der Waals surface area contributed by atoms with Crippen molar-refractivity contribution >= 4 is 5.65 Å². The van der Waals surface area contributed by atoms with Crippen molar-refractivity contribution in [2.75, 3.05) is 0 Å². The van der Waals surface area contributed by atoms with Crippen molar-refractivity contribution in [2.45, 2.75) is 0 Å². The van der Waals surface area contributed by atoms with Crippen molar-refractivity contribution in [3.63, 3.8) is 0 Å². The molecule has 0 spiro atoms. The Morgan fingerprint density at radius 2 is 2.29 bits per heavy atom. The molecule has 6 heteroatoms. The number of nitrogens with one attached hydrogen (secondary N) is 1. The van der Waals surface area contributed by atoms with E-state index >= 15 is 0 Å². The van der Waals surface area contributed by atoms with E-state index < -0.39 is 0 Å². The Morgan fingerprint density at radius 1 is 1.29 bits per heavy atom. The Labute approximate surface area is 78.6 Å². The van der Waals surface area contributed by atoms with Gasteiger partial charge in [-0.2, -0.15) is 10.2 Å². The van der Waals surface area contributed by atoms with Crippen LogP contribution in [0.15, 0.2) is 31.0 Å². The minimum absolute atomic E-state index is 0.720. The number of aromatic nitrogens is 6. The van der Waals surface area contributed by atoms with E-state index in [0.717, 1.165) is 17.0 Å². The number of nitrogens with zero attached hydrogens (tertiary/aromatic N) is 5. The standard InChI is InChI=1S/C8H6N6/c1-2-11-13-6(1)7-3-9-4-8-10-5-12-14(7)8/h1-5H,(H,11,13). The zero-order valence-electron chi connectivity index (χ0n) is 7.12. The number of rotatable bonds is 1. The lowest BCUT2D eigenvalue weighted by Crippen LogP contribution is -1.95. The summed E-state index contributed by atoms with van der Waals surface area (Å²) < 4.78 is 1.71. The molecule has 14 heavy (non-hydrogen) atoms. The van der Waals surface area contributed by atoms with Gasteiger partial charge >= 0.3 is 0 Å². The van der Waals surface area contributed by atoms with Crippen LogP contribution in [-0.4, -0.2) is 29.8 Å². The molecule has 68 valence electrons. The Hall–Kier alpha value is -2.24. The number of hydrogen-bond donors (Lipinski definition) is 1. The van der Waals surface area contributed by atoms with Crippen LogP contribution >= 0.6 is 0 Å². The third-order valence-corrected chi connectivity index (χ3v) is 1.97. The van der Waals surface area contributed by atoms with Gasteiger partial charge in [0.1, 0.15) is 12.0 Å². The molecule has 0 aliphatic heterocycles. The third-order valence-electron chi connectivity index (χ3n) is 1.97. The summed E-state index contributed by atoms with van der Waals surface area (Å²) in [6, 6.07) is 1.86. The van der Waals surface area contributed by atoms with Crippen molar-refractivity contribution in [2.24, 2.45) is 0 Å². The maximum atomic E-state index is 4.09. The highest BCUT2D eigenvalue weighted by Gasteiger charge is 2.05. The predicted molar refractivity (Wildman–Crippen MR) is 48.4 cm³/mol. The molecule has 0 aliphatic rings. The summed E-state index contributed by atoms with van der Waals surface area (Å²) in [5.74, 6) is 0. The van der Waals surface area contributed by atoms with E-state index in [1.807, 2.05) is 6.07 Å². The Morgan fingerprint density at radius 3 is 3.14 bits per heavy atom. The number of aromatic amines is 1. The first-order valence-electron chi connectivity index (χ1n) is 4.08. The average molecular weight is 186 g/mol. The second-order valence-corrected chi connectivity index (χ2v) is 2.79. The van der Waals surface area contributed by atoms with E-state index in [0.29, 0.717) is 0 Å². The molecule has 0 unspecified atom stereocenters. The van der Waals surface area contributed by atoms with Gasteiger partial charge in [-0.25, -0.2) is 9.50 Å². The van der Waals surface area contributed by atoms with Crippen LogP contribution in [-0.2, 0) is 0 Å². The van der Waals surface area contributed by atoms with Gasteiger partial charge in [-0.3, -0.25) is 10.1 Å². The lowest BCUT2D eigenvalue weighted by Gasteiger charge is -1.98. The molecule has 3 heterocycles. The fourth-order valence-corrected chi connectivity index (χ4v) is 1.34. The predicted octanol–water partition coefficient (Wildman–Crippen LogP) is 0.514. The van der Waals surface area contributed by atoms with Gasteiger partial charge in [0.25, 0.3) is 0 Å². The normalized spacial score (nSPS) is 10.9. The molecule has 0 bridgehead atoms. The summed E-state index contributed by atoms with van der Waals surface area (Å²) in [5, 5.41) is 10.8. The van der Waals surface area contributed by atoms with Gasteiger partial charge in [0.05, 0.1) is 18.1 Å². The van der Waals surface area contributed by atoms with Crippen molar-refractivity contribution < 1.29 is 0 Å². The molecule has 0 aliphatic carbocycles. The molecular weight excluding hydrogens is 180 g/mol. The van der Waals surface area contributed by atoms with E-state index in [1.54, 1.807) is 23.1 Å². The summed E-state index contributed by atoms with van der Waals surface area (Å²) in [5.41, 5.74) is 2.43. The van der Waals surface area contributed by atoms with Crippen molar-refractivity contribution in [1.29, 1.82) is 0 Å². The first-order chi connectivity index (χ1) is 6.95. The first kappa shape index (κ1) is 7.19. The zero-order chi connectivity index (χ0) is 9.38. The van der Waals surface area contributed by atoms with Crippen LogP contribution < -0.4 is 0 Å². The lowest BCUT2D eigenvalue weighted by molar-refractivity contribution is 0.943. The minimum atomic E-state index is 0.720. The summed E-state index contributed by atoms with van der Waals surface area (Å²) in [7, 11) is 0. The SMILES string of the molecule is c1cc(-c2cncc3ncnn23)[nH]n1. The summed E-state index contributed by atoms with van der Waals surface area (Å²) in [6.07, 6.45) is 6.56. The van der Waals surface area contributed by atoms with E-state index in [4.69, 9.17) is 0 Å². The molecule has 6 nitrogen and oxygen atoms in total. The smallest absolute Gasteiger partial charge is 0.174 e. The van der Waals surface area contributed by atoms with Gasteiger partial charge in [-0.1, -0.05) is 0 Å². The van der Waals surface area contributed by atoms with Crippen LogP contribution in [0.3, 0.4) is 0 Å². The Kier molecular flexibility index (Phi) is 1.35. The van der Waals surface area contributed by atoms with Gasteiger partial charge in [-0.15, -0.1) is 0 Å². The van der Waals surface area contributed by atoms with Gasteiger partial charge in [0.15, 0.2) is 5.65 Å². The van der Waals surface area contributed by atoms with E-state index in [9.17, 15) is 0 Å². The second kappa shape index (κ2) is 2.63. The highest BCUT2D eigenvalue weighted by molar-refractivity contribution is 5.56. The first-order valence-corrected chi connectivity index (χ1v) is 4.08. The van der Waals surface area contributed by atoms with Crippen LogP contribution in [0.5, 0.6) is 0 Å². The van der Waals surface area contributed by atoms with Crippen molar-refractivity contribution in [1.82, 2.24) is 29.8 Å². The highest BCUT2D eigenvalue weighted by Crippen LogP contribution is 2.14. The quantitative estimate of drug-likeness (QED) is 0.601. The Bertz CT molecular complexity index is 552. The van der Waals surface area contributed by atoms with E-state index in [-0.39, 0.29) is 0 Å². The topological polar surface area (TPSA) is 71.8 Å². The summed E-state index contributed by atoms with van der Waals surface area (Å²) in [4.78, 5) is 8.11. The third kappa shape index (κ3) is 0.905. The molecule has 3 rings (SSSR count). The van der Waals surface area contributed by atoms with Crippen molar-refractivity contribution in [3.8, 4) is 11.4 Å². The molecule has 3 aromatic heterocycles. The van der Waals surface area contributed by atoms with Gasteiger partial charge in [-0.05, 0) is 6.07 Å². The van der Waals surface area contributed by atoms with Crippen LogP contribution in [0.4, 0.5) is 0 Å². The zero-order valence-corrected chi connectivity index (χ0v) is 7.12. The monoisotopic (exact) mass is 186 g/mol. The Balaban J connectivity index is 2.36. The average Bonchev–Trinajstić information content (AvgIpc) is 2.88. The van der Waals surface area contributed by atoms with Gasteiger partial charge < -0.3 is 0 Å². The largest absolute Gasteiger partial charge is 0.276 e.